The average molecular weight is 506 g/mol. The van der Waals surface area contributed by atoms with Gasteiger partial charge < -0.3 is 5.11 Å². The molecule has 0 aliphatic heterocycles. The quantitative estimate of drug-likeness (QED) is 0.398. The summed E-state index contributed by atoms with van der Waals surface area (Å²) in [4.78, 5) is 14.5. The monoisotopic (exact) mass is 506 g/mol. The van der Waals surface area contributed by atoms with Crippen molar-refractivity contribution in [3.63, 3.8) is 0 Å². The molecule has 2 heterocycles. The lowest BCUT2D eigenvalue weighted by Gasteiger charge is -2.21. The van der Waals surface area contributed by atoms with Crippen LogP contribution in [-0.2, 0) is 17.1 Å². The van der Waals surface area contributed by atoms with Crippen LogP contribution in [0.4, 0.5) is 28.0 Å². The summed E-state index contributed by atoms with van der Waals surface area (Å²) in [5.74, 6) is -5.40. The minimum Gasteiger partial charge on any atom is -0.464 e. The molecule has 0 radical (unpaired) electrons. The molecule has 0 unspecified atom stereocenters. The number of anilines is 1. The van der Waals surface area contributed by atoms with Crippen molar-refractivity contribution >= 4 is 21.8 Å². The topological polar surface area (TPSA) is 105 Å². The molecular weight excluding hydrogens is 492 g/mol. The van der Waals surface area contributed by atoms with Gasteiger partial charge in [-0.3, -0.25) is 9.67 Å². The normalized spacial score (nSPS) is 11.5. The predicted octanol–water partition coefficient (Wildman–Crippen LogP) is 4.58. The molecular formula is C22H14F4N4O4S. The number of hydrogen-bond donors (Lipinski definition) is 1. The molecule has 180 valence electrons. The number of amides is 1. The van der Waals surface area contributed by atoms with Gasteiger partial charge in [-0.1, -0.05) is 0 Å². The van der Waals surface area contributed by atoms with Crippen molar-refractivity contribution in [1.29, 1.82) is 0 Å². The summed E-state index contributed by atoms with van der Waals surface area (Å²) < 4.78 is 85.2. The summed E-state index contributed by atoms with van der Waals surface area (Å²) in [5, 5.41) is 13.7. The van der Waals surface area contributed by atoms with Crippen LogP contribution in [0.2, 0.25) is 0 Å². The van der Waals surface area contributed by atoms with E-state index in [1.807, 2.05) is 0 Å². The fourth-order valence-corrected chi connectivity index (χ4v) is 4.82. The number of aromatic nitrogens is 3. The Morgan fingerprint density at radius 1 is 1.00 bits per heavy atom. The minimum atomic E-state index is -5.38. The first kappa shape index (κ1) is 23.9. The fraction of sp³-hybridized carbons (Fsp3) is 0.0455. The van der Waals surface area contributed by atoms with E-state index < -0.39 is 59.8 Å². The molecule has 2 aromatic carbocycles. The molecule has 4 rings (SSSR count). The van der Waals surface area contributed by atoms with E-state index in [0.29, 0.717) is 29.8 Å². The first-order chi connectivity index (χ1) is 16.5. The van der Waals surface area contributed by atoms with Crippen LogP contribution in [-0.4, -0.2) is 34.4 Å². The number of rotatable bonds is 5. The van der Waals surface area contributed by atoms with Crippen molar-refractivity contribution in [2.24, 2.45) is 7.05 Å². The molecule has 1 N–H and O–H groups in total. The van der Waals surface area contributed by atoms with Crippen LogP contribution in [0.1, 0.15) is 0 Å². The van der Waals surface area contributed by atoms with Gasteiger partial charge in [0.25, 0.3) is 10.0 Å². The number of nitrogens with zero attached hydrogens (tertiary/aromatic N) is 4. The maximum atomic E-state index is 15.7. The Morgan fingerprint density at radius 2 is 1.66 bits per heavy atom. The molecule has 0 spiro atoms. The Kier molecular flexibility index (Phi) is 6.03. The Morgan fingerprint density at radius 3 is 2.31 bits per heavy atom. The van der Waals surface area contributed by atoms with Crippen molar-refractivity contribution in [2.45, 2.75) is 4.90 Å². The minimum absolute atomic E-state index is 0.241. The Hall–Kier alpha value is -4.26. The van der Waals surface area contributed by atoms with Crippen LogP contribution in [0, 0.1) is 23.3 Å². The lowest BCUT2D eigenvalue weighted by atomic mass is 10.0. The van der Waals surface area contributed by atoms with E-state index in [-0.39, 0.29) is 17.3 Å². The molecule has 0 bridgehead atoms. The third kappa shape index (κ3) is 4.21. The highest BCUT2D eigenvalue weighted by atomic mass is 32.2. The Bertz CT molecular complexity index is 1560. The second kappa shape index (κ2) is 8.83. The highest BCUT2D eigenvalue weighted by Gasteiger charge is 2.37. The number of sulfonamides is 1. The van der Waals surface area contributed by atoms with Crippen molar-refractivity contribution in [1.82, 2.24) is 14.8 Å². The summed E-state index contributed by atoms with van der Waals surface area (Å²) in [5.41, 5.74) is -1.50. The van der Waals surface area contributed by atoms with Gasteiger partial charge in [-0.25, -0.2) is 30.8 Å². The number of halogens is 4. The van der Waals surface area contributed by atoms with Crippen molar-refractivity contribution in [3.05, 3.63) is 84.3 Å². The Labute approximate surface area is 195 Å². The zero-order valence-corrected chi connectivity index (χ0v) is 18.5. The van der Waals surface area contributed by atoms with E-state index in [2.05, 4.69) is 10.1 Å². The average Bonchev–Trinajstić information content (AvgIpc) is 3.18. The van der Waals surface area contributed by atoms with Gasteiger partial charge in [0.05, 0.1) is 5.56 Å². The third-order valence-corrected chi connectivity index (χ3v) is 6.63. The highest BCUT2D eigenvalue weighted by Crippen LogP contribution is 2.38. The van der Waals surface area contributed by atoms with Gasteiger partial charge in [0.15, 0.2) is 5.82 Å². The smallest absolute Gasteiger partial charge is 0.426 e. The number of carbonyl (C=O) groups is 1. The third-order valence-electron chi connectivity index (χ3n) is 4.93. The van der Waals surface area contributed by atoms with Crippen LogP contribution in [0.15, 0.2) is 66.0 Å². The maximum Gasteiger partial charge on any atom is 0.426 e. The molecule has 13 heteroatoms. The summed E-state index contributed by atoms with van der Waals surface area (Å²) in [6, 6.07) is 5.64. The van der Waals surface area contributed by atoms with E-state index in [0.717, 1.165) is 0 Å². The van der Waals surface area contributed by atoms with E-state index in [1.54, 1.807) is 12.1 Å². The van der Waals surface area contributed by atoms with Crippen LogP contribution >= 0.6 is 0 Å². The lowest BCUT2D eigenvalue weighted by Crippen LogP contribution is -2.37. The predicted molar refractivity (Wildman–Crippen MR) is 116 cm³/mol. The van der Waals surface area contributed by atoms with Gasteiger partial charge >= 0.3 is 6.09 Å². The highest BCUT2D eigenvalue weighted by molar-refractivity contribution is 7.93. The molecule has 4 aromatic rings. The molecule has 0 aliphatic carbocycles. The van der Waals surface area contributed by atoms with Crippen LogP contribution in [0.25, 0.3) is 22.4 Å². The van der Waals surface area contributed by atoms with Gasteiger partial charge in [0, 0.05) is 31.2 Å². The first-order valence-corrected chi connectivity index (χ1v) is 11.1. The van der Waals surface area contributed by atoms with Gasteiger partial charge in [-0.2, -0.15) is 9.40 Å². The van der Waals surface area contributed by atoms with Crippen molar-refractivity contribution in [2.75, 3.05) is 4.31 Å². The van der Waals surface area contributed by atoms with E-state index >= 15 is 4.39 Å². The van der Waals surface area contributed by atoms with Gasteiger partial charge in [0.2, 0.25) is 0 Å². The number of aryl methyl sites for hydroxylation is 1. The van der Waals surface area contributed by atoms with Crippen LogP contribution < -0.4 is 4.31 Å². The number of carboxylic acid groups (broad SMARTS) is 1. The van der Waals surface area contributed by atoms with Crippen molar-refractivity contribution in [3.8, 4) is 22.4 Å². The largest absolute Gasteiger partial charge is 0.464 e. The number of hydrogen-bond acceptors (Lipinski definition) is 5. The zero-order valence-electron chi connectivity index (χ0n) is 17.7. The zero-order chi connectivity index (χ0) is 25.5. The molecule has 1 amide bonds. The van der Waals surface area contributed by atoms with Gasteiger partial charge in [-0.15, -0.1) is 0 Å². The molecule has 35 heavy (non-hydrogen) atoms. The van der Waals surface area contributed by atoms with Crippen LogP contribution in [0.3, 0.4) is 0 Å². The SMILES string of the molecule is Cn1cc(-c2ccncc2)c(-c2c(F)ccc(N(C(=O)O)S(=O)(=O)c3cc(F)ccc3F)c2F)n1. The number of pyridine rings is 1. The summed E-state index contributed by atoms with van der Waals surface area (Å²) >= 11 is 0. The summed E-state index contributed by atoms with van der Waals surface area (Å²) in [6.07, 6.45) is 2.08. The molecule has 0 atom stereocenters. The maximum absolute atomic E-state index is 15.7. The molecule has 0 saturated heterocycles. The molecule has 8 nitrogen and oxygen atoms in total. The van der Waals surface area contributed by atoms with Gasteiger partial charge in [-0.05, 0) is 48.0 Å². The second-order valence-electron chi connectivity index (χ2n) is 7.18. The summed E-state index contributed by atoms with van der Waals surface area (Å²) in [6.45, 7) is 0. The fourth-order valence-electron chi connectivity index (χ4n) is 3.44. The summed E-state index contributed by atoms with van der Waals surface area (Å²) in [7, 11) is -3.89. The number of benzene rings is 2. The lowest BCUT2D eigenvalue weighted by molar-refractivity contribution is 0.206. The van der Waals surface area contributed by atoms with Crippen molar-refractivity contribution < 1.29 is 35.9 Å². The molecule has 2 aromatic heterocycles. The van der Waals surface area contributed by atoms with E-state index in [4.69, 9.17) is 0 Å². The second-order valence-corrected chi connectivity index (χ2v) is 8.94. The van der Waals surface area contributed by atoms with Crippen LogP contribution in [0.5, 0.6) is 0 Å². The first-order valence-electron chi connectivity index (χ1n) is 9.68. The Balaban J connectivity index is 1.96. The van der Waals surface area contributed by atoms with Gasteiger partial charge in [0.1, 0.15) is 33.7 Å². The van der Waals surface area contributed by atoms with E-state index in [9.17, 15) is 31.5 Å². The standard InChI is InChI=1S/C22H14F4N4O4S/c1-29-11-14(12-6-8-27-9-7-12)21(28-29)19-16(25)4-5-17(20(19)26)30(22(31)32)35(33,34)18-10-13(23)2-3-15(18)24/h2-11H,1H3,(H,31,32). The molecule has 0 aliphatic rings. The molecule has 0 saturated carbocycles. The molecule has 0 fully saturated rings. The van der Waals surface area contributed by atoms with E-state index in [1.165, 1.54) is 30.3 Å².